The van der Waals surface area contributed by atoms with E-state index < -0.39 is 5.60 Å². The van der Waals surface area contributed by atoms with Crippen LogP contribution in [0.4, 0.5) is 0 Å². The molecule has 17 heavy (non-hydrogen) atoms. The summed E-state index contributed by atoms with van der Waals surface area (Å²) in [4.78, 5) is 0. The molecule has 2 rings (SSSR count). The first-order valence-electron chi connectivity index (χ1n) is 5.96. The minimum absolute atomic E-state index is 0.0145. The van der Waals surface area contributed by atoms with E-state index in [0.29, 0.717) is 0 Å². The highest BCUT2D eigenvalue weighted by Gasteiger charge is 2.43. The Bertz CT molecular complexity index is 449. The summed E-state index contributed by atoms with van der Waals surface area (Å²) in [5, 5.41) is 19.0. The largest absolute Gasteiger partial charge is 0.487 e. The Morgan fingerprint density at radius 3 is 2.47 bits per heavy atom. The third-order valence-electron chi connectivity index (χ3n) is 3.82. The molecule has 0 radical (unpaired) electrons. The van der Waals surface area contributed by atoms with E-state index in [0.717, 1.165) is 28.0 Å². The lowest BCUT2D eigenvalue weighted by Gasteiger charge is -2.25. The van der Waals surface area contributed by atoms with Crippen molar-refractivity contribution in [2.24, 2.45) is 0 Å². The van der Waals surface area contributed by atoms with Crippen LogP contribution in [0.2, 0.25) is 0 Å². The molecule has 0 fully saturated rings. The lowest BCUT2D eigenvalue weighted by Crippen LogP contribution is -2.32. The molecular weight excluding hydrogens is 216 g/mol. The van der Waals surface area contributed by atoms with E-state index in [1.807, 2.05) is 33.8 Å². The van der Waals surface area contributed by atoms with Crippen LogP contribution < -0.4 is 4.74 Å². The number of rotatable bonds is 2. The van der Waals surface area contributed by atoms with E-state index in [2.05, 4.69) is 0 Å². The molecule has 1 atom stereocenters. The van der Waals surface area contributed by atoms with Crippen molar-refractivity contribution in [2.75, 3.05) is 6.61 Å². The van der Waals surface area contributed by atoms with Crippen molar-refractivity contribution in [3.63, 3.8) is 0 Å². The van der Waals surface area contributed by atoms with E-state index in [9.17, 15) is 10.2 Å². The van der Waals surface area contributed by atoms with Gasteiger partial charge in [0, 0.05) is 5.56 Å². The second-order valence-corrected chi connectivity index (χ2v) is 5.32. The summed E-state index contributed by atoms with van der Waals surface area (Å²) in [6.45, 7) is 8.01. The quantitative estimate of drug-likeness (QED) is 0.826. The molecule has 0 bridgehead atoms. The molecule has 3 heteroatoms. The zero-order valence-electron chi connectivity index (χ0n) is 10.9. The summed E-state index contributed by atoms with van der Waals surface area (Å²) in [5.41, 5.74) is 3.64. The number of ether oxygens (including phenoxy) is 1. The predicted molar refractivity (Wildman–Crippen MR) is 66.4 cm³/mol. The zero-order chi connectivity index (χ0) is 12.8. The maximum absolute atomic E-state index is 9.57. The Morgan fingerprint density at radius 1 is 1.29 bits per heavy atom. The number of fused-ring (bicyclic) bond motifs is 1. The molecule has 94 valence electrons. The molecule has 3 nitrogen and oxygen atoms in total. The molecule has 1 unspecified atom stereocenters. The van der Waals surface area contributed by atoms with Gasteiger partial charge >= 0.3 is 0 Å². The number of aliphatic hydroxyl groups excluding tert-OH is 2. The highest BCUT2D eigenvalue weighted by molar-refractivity contribution is 5.55. The van der Waals surface area contributed by atoms with Crippen LogP contribution in [-0.4, -0.2) is 22.4 Å². The molecule has 1 aromatic rings. The van der Waals surface area contributed by atoms with E-state index in [1.54, 1.807) is 0 Å². The lowest BCUT2D eigenvalue weighted by molar-refractivity contribution is 0.0807. The van der Waals surface area contributed by atoms with E-state index in [-0.39, 0.29) is 19.1 Å². The fourth-order valence-corrected chi connectivity index (χ4v) is 2.61. The number of benzene rings is 1. The minimum Gasteiger partial charge on any atom is -0.487 e. The summed E-state index contributed by atoms with van der Waals surface area (Å²) in [6.07, 6.45) is 0. The average Bonchev–Trinajstić information content (AvgIpc) is 2.54. The van der Waals surface area contributed by atoms with Crippen LogP contribution in [0.3, 0.4) is 0 Å². The molecule has 1 heterocycles. The van der Waals surface area contributed by atoms with Crippen LogP contribution in [0.5, 0.6) is 5.75 Å². The van der Waals surface area contributed by atoms with Gasteiger partial charge in [0.1, 0.15) is 11.4 Å². The van der Waals surface area contributed by atoms with Crippen LogP contribution in [0.25, 0.3) is 0 Å². The van der Waals surface area contributed by atoms with Crippen LogP contribution in [-0.2, 0) is 6.61 Å². The van der Waals surface area contributed by atoms with Crippen LogP contribution in [0.15, 0.2) is 6.07 Å². The van der Waals surface area contributed by atoms with Gasteiger partial charge in [-0.05, 0) is 44.4 Å². The van der Waals surface area contributed by atoms with Crippen molar-refractivity contribution in [1.29, 1.82) is 0 Å². The van der Waals surface area contributed by atoms with Crippen molar-refractivity contribution in [3.8, 4) is 5.75 Å². The summed E-state index contributed by atoms with van der Waals surface area (Å²) >= 11 is 0. The smallest absolute Gasteiger partial charge is 0.127 e. The third-order valence-corrected chi connectivity index (χ3v) is 3.82. The maximum atomic E-state index is 9.57. The van der Waals surface area contributed by atoms with E-state index >= 15 is 0 Å². The normalized spacial score (nSPS) is 21.2. The van der Waals surface area contributed by atoms with Gasteiger partial charge in [0.25, 0.3) is 0 Å². The molecule has 0 saturated carbocycles. The highest BCUT2D eigenvalue weighted by atomic mass is 16.5. The van der Waals surface area contributed by atoms with Crippen molar-refractivity contribution < 1.29 is 14.9 Å². The van der Waals surface area contributed by atoms with Crippen molar-refractivity contribution in [3.05, 3.63) is 28.3 Å². The Morgan fingerprint density at radius 2 is 1.94 bits per heavy atom. The fourth-order valence-electron chi connectivity index (χ4n) is 2.61. The fraction of sp³-hybridized carbons (Fsp3) is 0.571. The van der Waals surface area contributed by atoms with Crippen molar-refractivity contribution >= 4 is 0 Å². The second-order valence-electron chi connectivity index (χ2n) is 5.32. The second kappa shape index (κ2) is 4.00. The molecule has 0 spiro atoms. The third kappa shape index (κ3) is 1.74. The van der Waals surface area contributed by atoms with Crippen LogP contribution in [0, 0.1) is 13.8 Å². The number of hydrogen-bond donors (Lipinski definition) is 2. The average molecular weight is 236 g/mol. The SMILES string of the molecule is Cc1cc(CO)c2c(c1C)OC(C)(C)C2CO. The summed E-state index contributed by atoms with van der Waals surface area (Å²) in [5.74, 6) is 0.775. The zero-order valence-corrected chi connectivity index (χ0v) is 10.9. The molecule has 1 aromatic carbocycles. The Balaban J connectivity index is 2.68. The van der Waals surface area contributed by atoms with E-state index in [1.165, 1.54) is 0 Å². The van der Waals surface area contributed by atoms with Crippen LogP contribution >= 0.6 is 0 Å². The number of hydrogen-bond acceptors (Lipinski definition) is 3. The van der Waals surface area contributed by atoms with Gasteiger partial charge in [-0.3, -0.25) is 0 Å². The lowest BCUT2D eigenvalue weighted by atomic mass is 9.84. The first-order chi connectivity index (χ1) is 7.92. The highest BCUT2D eigenvalue weighted by Crippen LogP contribution is 2.48. The van der Waals surface area contributed by atoms with Crippen LogP contribution in [0.1, 0.15) is 42.0 Å². The number of aryl methyl sites for hydroxylation is 1. The van der Waals surface area contributed by atoms with Crippen molar-refractivity contribution in [2.45, 2.75) is 45.8 Å². The van der Waals surface area contributed by atoms with Gasteiger partial charge in [-0.25, -0.2) is 0 Å². The van der Waals surface area contributed by atoms with E-state index in [4.69, 9.17) is 4.74 Å². The topological polar surface area (TPSA) is 49.7 Å². The van der Waals surface area contributed by atoms with Crippen molar-refractivity contribution in [1.82, 2.24) is 0 Å². The van der Waals surface area contributed by atoms with Gasteiger partial charge in [-0.2, -0.15) is 0 Å². The summed E-state index contributed by atoms with van der Waals surface area (Å²) in [7, 11) is 0. The van der Waals surface area contributed by atoms with Gasteiger partial charge < -0.3 is 14.9 Å². The first kappa shape index (κ1) is 12.4. The standard InChI is InChI=1S/C14H20O3/c1-8-5-10(6-15)12-11(7-16)14(3,4)17-13(12)9(8)2/h5,11,15-16H,6-7H2,1-4H3. The summed E-state index contributed by atoms with van der Waals surface area (Å²) < 4.78 is 5.98. The maximum Gasteiger partial charge on any atom is 0.127 e. The molecule has 0 saturated heterocycles. The molecule has 2 N–H and O–H groups in total. The molecule has 0 amide bonds. The summed E-state index contributed by atoms with van der Waals surface area (Å²) in [6, 6.07) is 1.99. The van der Waals surface area contributed by atoms with Gasteiger partial charge in [0.2, 0.25) is 0 Å². The predicted octanol–water partition coefficient (Wildman–Crippen LogP) is 2.04. The van der Waals surface area contributed by atoms with Gasteiger partial charge in [0.05, 0.1) is 19.1 Å². The monoisotopic (exact) mass is 236 g/mol. The minimum atomic E-state index is -0.417. The Labute approximate surface area is 102 Å². The molecular formula is C14H20O3. The molecule has 1 aliphatic heterocycles. The molecule has 0 aliphatic carbocycles. The van der Waals surface area contributed by atoms with Gasteiger partial charge in [0.15, 0.2) is 0 Å². The van der Waals surface area contributed by atoms with Gasteiger partial charge in [-0.15, -0.1) is 0 Å². The Kier molecular flexibility index (Phi) is 2.92. The number of aliphatic hydroxyl groups is 2. The first-order valence-corrected chi connectivity index (χ1v) is 5.96. The Hall–Kier alpha value is -1.06. The molecule has 0 aromatic heterocycles. The molecule has 1 aliphatic rings. The van der Waals surface area contributed by atoms with Gasteiger partial charge in [-0.1, -0.05) is 6.07 Å².